The molecule has 25 heavy (non-hydrogen) atoms. The lowest BCUT2D eigenvalue weighted by Gasteiger charge is -2.35. The molecule has 2 aromatic rings. The van der Waals surface area contributed by atoms with Gasteiger partial charge in [-0.3, -0.25) is 14.3 Å². The van der Waals surface area contributed by atoms with E-state index in [0.29, 0.717) is 17.8 Å². The van der Waals surface area contributed by atoms with Crippen molar-refractivity contribution in [2.75, 3.05) is 18.1 Å². The van der Waals surface area contributed by atoms with Gasteiger partial charge in [0.25, 0.3) is 5.91 Å². The van der Waals surface area contributed by atoms with Crippen LogP contribution in [-0.2, 0) is 16.4 Å². The zero-order valence-electron chi connectivity index (χ0n) is 14.1. The van der Waals surface area contributed by atoms with E-state index >= 15 is 0 Å². The van der Waals surface area contributed by atoms with Crippen LogP contribution in [0.15, 0.2) is 29.3 Å². The van der Waals surface area contributed by atoms with Crippen LogP contribution in [0.4, 0.5) is 0 Å². The number of carbonyl (C=O) groups excluding carboxylic acids is 1. The van der Waals surface area contributed by atoms with Crippen LogP contribution in [0, 0.1) is 6.92 Å². The lowest BCUT2D eigenvalue weighted by Crippen LogP contribution is -2.46. The number of sulfone groups is 1. The lowest BCUT2D eigenvalue weighted by atomic mass is 10.1. The van der Waals surface area contributed by atoms with Crippen molar-refractivity contribution in [3.63, 3.8) is 0 Å². The van der Waals surface area contributed by atoms with Crippen molar-refractivity contribution in [2.24, 2.45) is 0 Å². The lowest BCUT2D eigenvalue weighted by molar-refractivity contribution is 0.0697. The van der Waals surface area contributed by atoms with Gasteiger partial charge in [-0.05, 0) is 19.9 Å². The molecule has 1 aliphatic heterocycles. The first-order chi connectivity index (χ1) is 11.8. The molecule has 0 aromatic carbocycles. The summed E-state index contributed by atoms with van der Waals surface area (Å²) in [7, 11) is -3.24. The summed E-state index contributed by atoms with van der Waals surface area (Å²) in [5.74, 6) is -0.575. The number of hydrogen-bond acceptors (Lipinski definition) is 5. The Morgan fingerprint density at radius 2 is 2.16 bits per heavy atom. The van der Waals surface area contributed by atoms with Gasteiger partial charge in [-0.1, -0.05) is 0 Å². The van der Waals surface area contributed by atoms with Crippen LogP contribution in [0.3, 0.4) is 0 Å². The molecule has 1 fully saturated rings. The molecule has 1 saturated heterocycles. The van der Waals surface area contributed by atoms with Crippen molar-refractivity contribution in [1.82, 2.24) is 19.7 Å². The van der Waals surface area contributed by atoms with Crippen LogP contribution in [0.2, 0.25) is 0 Å². The number of nitrogens with zero attached hydrogens (tertiary/aromatic N) is 3. The van der Waals surface area contributed by atoms with E-state index in [1.807, 2.05) is 6.92 Å². The molecule has 9 heteroatoms. The summed E-state index contributed by atoms with van der Waals surface area (Å²) in [6, 6.07) is 2.23. The molecule has 1 N–H and O–H groups in total. The molecular weight excluding hydrogens is 344 g/mol. The Balaban J connectivity index is 1.99. The van der Waals surface area contributed by atoms with Gasteiger partial charge in [0.1, 0.15) is 0 Å². The van der Waals surface area contributed by atoms with E-state index in [4.69, 9.17) is 0 Å². The average Bonchev–Trinajstić information content (AvgIpc) is 3.01. The maximum absolute atomic E-state index is 12.9. The Hall–Kier alpha value is -2.42. The van der Waals surface area contributed by atoms with Gasteiger partial charge in [0.05, 0.1) is 23.7 Å². The molecule has 3 heterocycles. The number of aryl methyl sites for hydroxylation is 2. The highest BCUT2D eigenvalue weighted by molar-refractivity contribution is 7.91. The Morgan fingerprint density at radius 3 is 2.80 bits per heavy atom. The third kappa shape index (κ3) is 3.65. The van der Waals surface area contributed by atoms with Crippen LogP contribution >= 0.6 is 0 Å². The molecule has 0 radical (unpaired) electrons. The minimum Gasteiger partial charge on any atom is -0.329 e. The second kappa shape index (κ2) is 6.47. The van der Waals surface area contributed by atoms with E-state index in [-0.39, 0.29) is 35.1 Å². The van der Waals surface area contributed by atoms with Crippen molar-refractivity contribution in [3.8, 4) is 0 Å². The molecule has 0 spiro atoms. The fourth-order valence-corrected chi connectivity index (χ4v) is 4.52. The van der Waals surface area contributed by atoms with E-state index < -0.39 is 15.9 Å². The average molecular weight is 364 g/mol. The molecule has 2 aromatic heterocycles. The molecule has 0 aliphatic carbocycles. The van der Waals surface area contributed by atoms with Gasteiger partial charge >= 0.3 is 0 Å². The fourth-order valence-electron chi connectivity index (χ4n) is 3.02. The second-order valence-corrected chi connectivity index (χ2v) is 8.40. The number of H-pyrrole nitrogens is 1. The Kier molecular flexibility index (Phi) is 4.51. The summed E-state index contributed by atoms with van der Waals surface area (Å²) in [5.41, 5.74) is 1.16. The van der Waals surface area contributed by atoms with Gasteiger partial charge in [-0.2, -0.15) is 5.10 Å². The zero-order valence-corrected chi connectivity index (χ0v) is 14.9. The van der Waals surface area contributed by atoms with E-state index in [1.54, 1.807) is 30.1 Å². The highest BCUT2D eigenvalue weighted by Gasteiger charge is 2.36. The van der Waals surface area contributed by atoms with E-state index in [2.05, 4.69) is 10.1 Å². The van der Waals surface area contributed by atoms with Crippen LogP contribution in [0.25, 0.3) is 0 Å². The third-order valence-corrected chi connectivity index (χ3v) is 5.91. The van der Waals surface area contributed by atoms with Gasteiger partial charge in [-0.15, -0.1) is 0 Å². The third-order valence-electron chi connectivity index (χ3n) is 4.28. The molecule has 0 bridgehead atoms. The smallest absolute Gasteiger partial charge is 0.254 e. The fraction of sp³-hybridized carbons (Fsp3) is 0.438. The highest BCUT2D eigenvalue weighted by Crippen LogP contribution is 2.28. The zero-order chi connectivity index (χ0) is 18.2. The molecule has 1 atom stereocenters. The Morgan fingerprint density at radius 1 is 1.40 bits per heavy atom. The van der Waals surface area contributed by atoms with Crippen molar-refractivity contribution in [2.45, 2.75) is 26.4 Å². The topological polar surface area (TPSA) is 105 Å². The van der Waals surface area contributed by atoms with Gasteiger partial charge in [0.15, 0.2) is 9.84 Å². The van der Waals surface area contributed by atoms with Crippen LogP contribution in [-0.4, -0.2) is 52.0 Å². The molecule has 3 rings (SSSR count). The molecule has 0 saturated carbocycles. The first kappa shape index (κ1) is 17.4. The normalized spacial score (nSPS) is 19.8. The van der Waals surface area contributed by atoms with Crippen molar-refractivity contribution in [3.05, 3.63) is 51.7 Å². The number of nitrogens with one attached hydrogen (secondary N) is 1. The maximum atomic E-state index is 12.9. The van der Waals surface area contributed by atoms with Gasteiger partial charge in [-0.25, -0.2) is 8.42 Å². The summed E-state index contributed by atoms with van der Waals surface area (Å²) in [4.78, 5) is 28.7. The van der Waals surface area contributed by atoms with Crippen molar-refractivity contribution < 1.29 is 13.2 Å². The highest BCUT2D eigenvalue weighted by atomic mass is 32.2. The SMILES string of the molecule is CCn1cc([C@@H]2CS(=O)(=O)CCN2C(=O)c2cc(C)[nH]c(=O)c2)cn1. The summed E-state index contributed by atoms with van der Waals surface area (Å²) in [6.07, 6.45) is 3.35. The number of pyridine rings is 1. The second-order valence-electron chi connectivity index (χ2n) is 6.17. The van der Waals surface area contributed by atoms with E-state index in [1.165, 1.54) is 11.0 Å². The van der Waals surface area contributed by atoms with E-state index in [9.17, 15) is 18.0 Å². The van der Waals surface area contributed by atoms with Gasteiger partial charge in [0, 0.05) is 42.2 Å². The van der Waals surface area contributed by atoms with Crippen LogP contribution in [0.5, 0.6) is 0 Å². The van der Waals surface area contributed by atoms with Crippen molar-refractivity contribution in [1.29, 1.82) is 0 Å². The first-order valence-corrected chi connectivity index (χ1v) is 9.86. The monoisotopic (exact) mass is 364 g/mol. The number of rotatable bonds is 3. The predicted molar refractivity (Wildman–Crippen MR) is 92.1 cm³/mol. The minimum atomic E-state index is -3.24. The summed E-state index contributed by atoms with van der Waals surface area (Å²) in [5, 5.41) is 4.18. The number of aromatic nitrogens is 3. The molecule has 8 nitrogen and oxygen atoms in total. The molecule has 1 aliphatic rings. The number of amides is 1. The van der Waals surface area contributed by atoms with E-state index in [0.717, 1.165) is 0 Å². The summed E-state index contributed by atoms with van der Waals surface area (Å²) >= 11 is 0. The number of aromatic amines is 1. The number of carbonyl (C=O) groups is 1. The van der Waals surface area contributed by atoms with Crippen LogP contribution < -0.4 is 5.56 Å². The Bertz CT molecular complexity index is 961. The molecule has 0 unspecified atom stereocenters. The van der Waals surface area contributed by atoms with Gasteiger partial charge in [0.2, 0.25) is 5.56 Å². The predicted octanol–water partition coefficient (Wildman–Crippen LogP) is 0.512. The quantitative estimate of drug-likeness (QED) is 0.854. The maximum Gasteiger partial charge on any atom is 0.254 e. The van der Waals surface area contributed by atoms with Gasteiger partial charge < -0.3 is 9.88 Å². The van der Waals surface area contributed by atoms with Crippen molar-refractivity contribution >= 4 is 15.7 Å². The summed E-state index contributed by atoms with van der Waals surface area (Å²) in [6.45, 7) is 4.37. The first-order valence-electron chi connectivity index (χ1n) is 8.04. The Labute approximate surface area is 145 Å². The molecule has 1 amide bonds. The summed E-state index contributed by atoms with van der Waals surface area (Å²) < 4.78 is 25.9. The number of hydrogen-bond donors (Lipinski definition) is 1. The molecule has 134 valence electrons. The van der Waals surface area contributed by atoms with Crippen LogP contribution in [0.1, 0.15) is 34.6 Å². The largest absolute Gasteiger partial charge is 0.329 e. The molecular formula is C16H20N4O4S. The minimum absolute atomic E-state index is 0.0840. The standard InChI is InChI=1S/C16H20N4O4S/c1-3-19-9-13(8-17-19)14-10-25(23,24)5-4-20(14)16(22)12-6-11(2)18-15(21)7-12/h6-9,14H,3-5,10H2,1-2H3,(H,18,21)/t14-/m0/s1.